The van der Waals surface area contributed by atoms with Crippen LogP contribution < -0.4 is 5.32 Å². The summed E-state index contributed by atoms with van der Waals surface area (Å²) in [6.07, 6.45) is 5.81. The molecule has 1 fully saturated rings. The Morgan fingerprint density at radius 1 is 1.21 bits per heavy atom. The number of thiophene rings is 1. The number of carbonyl (C=O) groups excluding carboxylic acids is 1. The molecule has 5 nitrogen and oxygen atoms in total. The molecule has 0 aliphatic carbocycles. The number of aromatic nitrogens is 2. The second-order valence-corrected chi connectivity index (χ2v) is 8.49. The molecule has 3 heterocycles. The van der Waals surface area contributed by atoms with Gasteiger partial charge in [0.25, 0.3) is 0 Å². The van der Waals surface area contributed by atoms with Crippen molar-refractivity contribution in [1.82, 2.24) is 14.9 Å². The number of amides is 1. The van der Waals surface area contributed by atoms with E-state index >= 15 is 0 Å². The van der Waals surface area contributed by atoms with E-state index in [0.717, 1.165) is 54.8 Å². The number of likely N-dealkylation sites (tertiary alicyclic amines) is 1. The zero-order valence-corrected chi connectivity index (χ0v) is 17.0. The van der Waals surface area contributed by atoms with Gasteiger partial charge in [-0.2, -0.15) is 0 Å². The maximum absolute atomic E-state index is 12.7. The molecule has 3 aromatic rings. The first-order valence-electron chi connectivity index (χ1n) is 10.0. The number of carbonyl (C=O) groups is 1. The fourth-order valence-corrected chi connectivity index (χ4v) is 4.76. The van der Waals surface area contributed by atoms with Crippen LogP contribution >= 0.6 is 11.3 Å². The van der Waals surface area contributed by atoms with Crippen LogP contribution in [0.3, 0.4) is 0 Å². The summed E-state index contributed by atoms with van der Waals surface area (Å²) in [6.45, 7) is 4.11. The number of rotatable bonds is 6. The smallest absolute Gasteiger partial charge is 0.241 e. The Kier molecular flexibility index (Phi) is 5.86. The van der Waals surface area contributed by atoms with Gasteiger partial charge >= 0.3 is 0 Å². The van der Waals surface area contributed by atoms with Crippen molar-refractivity contribution in [3.05, 3.63) is 53.2 Å². The average molecular weight is 395 g/mol. The summed E-state index contributed by atoms with van der Waals surface area (Å²) in [6, 6.07) is 12.8. The topological polar surface area (TPSA) is 58.1 Å². The molecular weight excluding hydrogens is 368 g/mol. The van der Waals surface area contributed by atoms with Crippen molar-refractivity contribution < 1.29 is 4.79 Å². The lowest BCUT2D eigenvalue weighted by atomic mass is 9.90. The summed E-state index contributed by atoms with van der Waals surface area (Å²) in [5.74, 6) is 1.57. The maximum atomic E-state index is 12.7. The Balaban J connectivity index is 1.30. The van der Waals surface area contributed by atoms with Gasteiger partial charge in [0.15, 0.2) is 0 Å². The van der Waals surface area contributed by atoms with Crippen LogP contribution in [-0.4, -0.2) is 40.4 Å². The first-order chi connectivity index (χ1) is 13.7. The average Bonchev–Trinajstić information content (AvgIpc) is 3.17. The van der Waals surface area contributed by atoms with Gasteiger partial charge in [-0.3, -0.25) is 4.79 Å². The van der Waals surface area contributed by atoms with Gasteiger partial charge in [-0.05, 0) is 43.2 Å². The first kappa shape index (κ1) is 18.9. The van der Waals surface area contributed by atoms with Gasteiger partial charge in [0.1, 0.15) is 17.0 Å². The minimum absolute atomic E-state index is 0.149. The van der Waals surface area contributed by atoms with E-state index in [0.29, 0.717) is 5.92 Å². The van der Waals surface area contributed by atoms with E-state index in [1.165, 1.54) is 10.4 Å². The number of nitrogens with one attached hydrogen (secondary N) is 1. The molecule has 0 saturated carbocycles. The molecule has 0 spiro atoms. The normalized spacial score (nSPS) is 15.1. The minimum atomic E-state index is 0.149. The highest BCUT2D eigenvalue weighted by Crippen LogP contribution is 2.28. The number of piperidine rings is 1. The molecule has 0 atom stereocenters. The molecule has 0 unspecified atom stereocenters. The molecule has 0 radical (unpaired) electrons. The number of benzene rings is 1. The van der Waals surface area contributed by atoms with E-state index in [2.05, 4.69) is 58.6 Å². The third-order valence-corrected chi connectivity index (χ3v) is 6.66. The molecule has 1 aliphatic rings. The van der Waals surface area contributed by atoms with Crippen LogP contribution in [0, 0.1) is 5.92 Å². The van der Waals surface area contributed by atoms with Gasteiger partial charge in [-0.15, -0.1) is 11.3 Å². The molecule has 0 bridgehead atoms. The van der Waals surface area contributed by atoms with Crippen LogP contribution in [0.25, 0.3) is 10.2 Å². The summed E-state index contributed by atoms with van der Waals surface area (Å²) < 4.78 is 0. The highest BCUT2D eigenvalue weighted by molar-refractivity contribution is 7.18. The van der Waals surface area contributed by atoms with Gasteiger partial charge < -0.3 is 10.2 Å². The largest absolute Gasteiger partial charge is 0.360 e. The highest BCUT2D eigenvalue weighted by Gasteiger charge is 2.23. The van der Waals surface area contributed by atoms with E-state index in [4.69, 9.17) is 0 Å². The van der Waals surface area contributed by atoms with Gasteiger partial charge in [0.05, 0.1) is 11.9 Å². The Morgan fingerprint density at radius 2 is 2.00 bits per heavy atom. The molecular formula is C22H26N4OS. The molecule has 1 aromatic carbocycles. The fraction of sp³-hybridized carbons (Fsp3) is 0.409. The van der Waals surface area contributed by atoms with E-state index in [1.54, 1.807) is 17.7 Å². The van der Waals surface area contributed by atoms with E-state index in [9.17, 15) is 4.79 Å². The predicted molar refractivity (Wildman–Crippen MR) is 115 cm³/mol. The number of anilines is 1. The van der Waals surface area contributed by atoms with Crippen LogP contribution in [-0.2, 0) is 17.6 Å². The van der Waals surface area contributed by atoms with Crippen LogP contribution in [0.15, 0.2) is 42.7 Å². The molecule has 4 rings (SSSR count). The summed E-state index contributed by atoms with van der Waals surface area (Å²) in [7, 11) is 0. The van der Waals surface area contributed by atoms with Crippen LogP contribution in [0.2, 0.25) is 0 Å². The van der Waals surface area contributed by atoms with Crippen LogP contribution in [0.1, 0.15) is 30.2 Å². The minimum Gasteiger partial charge on any atom is -0.360 e. The lowest BCUT2D eigenvalue weighted by Gasteiger charge is -2.32. The zero-order valence-electron chi connectivity index (χ0n) is 16.2. The van der Waals surface area contributed by atoms with Crippen molar-refractivity contribution in [2.45, 2.75) is 32.6 Å². The van der Waals surface area contributed by atoms with Gasteiger partial charge in [0.2, 0.25) is 5.91 Å². The lowest BCUT2D eigenvalue weighted by molar-refractivity contribution is -0.130. The van der Waals surface area contributed by atoms with Crippen molar-refractivity contribution >= 4 is 33.3 Å². The van der Waals surface area contributed by atoms with E-state index in [1.807, 2.05) is 4.90 Å². The Hall–Kier alpha value is -2.47. The molecule has 1 aliphatic heterocycles. The number of hydrogen-bond acceptors (Lipinski definition) is 5. The quantitative estimate of drug-likeness (QED) is 0.682. The molecule has 2 aromatic heterocycles. The summed E-state index contributed by atoms with van der Waals surface area (Å²) in [4.78, 5) is 25.6. The number of aryl methyl sites for hydroxylation is 1. The fourth-order valence-electron chi connectivity index (χ4n) is 3.83. The third-order valence-electron chi connectivity index (χ3n) is 5.47. The Morgan fingerprint density at radius 3 is 2.75 bits per heavy atom. The molecule has 6 heteroatoms. The highest BCUT2D eigenvalue weighted by atomic mass is 32.1. The van der Waals surface area contributed by atoms with Gasteiger partial charge in [-0.1, -0.05) is 37.3 Å². The molecule has 28 heavy (non-hydrogen) atoms. The van der Waals surface area contributed by atoms with Gasteiger partial charge in [0, 0.05) is 18.0 Å². The predicted octanol–water partition coefficient (Wildman–Crippen LogP) is 4.15. The second-order valence-electron chi connectivity index (χ2n) is 7.37. The monoisotopic (exact) mass is 394 g/mol. The van der Waals surface area contributed by atoms with Crippen molar-refractivity contribution in [3.63, 3.8) is 0 Å². The number of hydrogen-bond donors (Lipinski definition) is 1. The molecule has 1 saturated heterocycles. The van der Waals surface area contributed by atoms with Crippen molar-refractivity contribution in [2.24, 2.45) is 5.92 Å². The lowest BCUT2D eigenvalue weighted by Crippen LogP contribution is -2.41. The number of fused-ring (bicyclic) bond motifs is 1. The Labute approximate surface area is 169 Å². The standard InChI is InChI=1S/C22H26N4OS/c1-2-18-13-19-21(24-15-25-22(19)28-18)23-14-20(27)26-10-8-17(9-11-26)12-16-6-4-3-5-7-16/h3-7,13,15,17H,2,8-12,14H2,1H3,(H,23,24,25). The third kappa shape index (κ3) is 4.33. The summed E-state index contributed by atoms with van der Waals surface area (Å²) in [5.41, 5.74) is 1.39. The van der Waals surface area contributed by atoms with Crippen molar-refractivity contribution in [3.8, 4) is 0 Å². The molecule has 146 valence electrons. The Bertz CT molecular complexity index is 932. The number of nitrogens with zero attached hydrogens (tertiary/aromatic N) is 3. The molecule has 1 amide bonds. The zero-order chi connectivity index (χ0) is 19.3. The van der Waals surface area contributed by atoms with E-state index < -0.39 is 0 Å². The SMILES string of the molecule is CCc1cc2c(NCC(=O)N3CCC(Cc4ccccc4)CC3)ncnc2s1. The van der Waals surface area contributed by atoms with E-state index in [-0.39, 0.29) is 12.5 Å². The van der Waals surface area contributed by atoms with Crippen LogP contribution in [0.5, 0.6) is 0 Å². The van der Waals surface area contributed by atoms with Crippen molar-refractivity contribution in [2.75, 3.05) is 25.0 Å². The van der Waals surface area contributed by atoms with Crippen LogP contribution in [0.4, 0.5) is 5.82 Å². The first-order valence-corrected chi connectivity index (χ1v) is 10.8. The second kappa shape index (κ2) is 8.69. The summed E-state index contributed by atoms with van der Waals surface area (Å²) in [5, 5.41) is 4.25. The molecule has 1 N–H and O–H groups in total. The van der Waals surface area contributed by atoms with Gasteiger partial charge in [-0.25, -0.2) is 9.97 Å². The summed E-state index contributed by atoms with van der Waals surface area (Å²) >= 11 is 1.69. The maximum Gasteiger partial charge on any atom is 0.241 e. The van der Waals surface area contributed by atoms with Crippen molar-refractivity contribution in [1.29, 1.82) is 0 Å².